The highest BCUT2D eigenvalue weighted by Gasteiger charge is 2.22. The normalized spacial score (nSPS) is 25.2. The SMILES string of the molecule is CC(C)CN1CCN(C(=O)CCC2CCNC2)CC1. The van der Waals surface area contributed by atoms with E-state index < -0.39 is 0 Å². The Morgan fingerprint density at radius 1 is 1.26 bits per heavy atom. The zero-order valence-corrected chi connectivity index (χ0v) is 12.5. The molecule has 4 heteroatoms. The van der Waals surface area contributed by atoms with Crippen LogP contribution in [0, 0.1) is 11.8 Å². The fourth-order valence-electron chi connectivity index (χ4n) is 3.14. The van der Waals surface area contributed by atoms with Crippen molar-refractivity contribution in [3.63, 3.8) is 0 Å². The summed E-state index contributed by atoms with van der Waals surface area (Å²) >= 11 is 0. The summed E-state index contributed by atoms with van der Waals surface area (Å²) in [6.45, 7) is 11.9. The number of carbonyl (C=O) groups excluding carboxylic acids is 1. The zero-order chi connectivity index (χ0) is 13.7. The third-order valence-corrected chi connectivity index (χ3v) is 4.28. The lowest BCUT2D eigenvalue weighted by molar-refractivity contribution is -0.133. The van der Waals surface area contributed by atoms with Gasteiger partial charge in [0.2, 0.25) is 5.91 Å². The Labute approximate surface area is 117 Å². The molecule has 0 radical (unpaired) electrons. The number of hydrogen-bond donors (Lipinski definition) is 1. The van der Waals surface area contributed by atoms with Crippen LogP contribution >= 0.6 is 0 Å². The second-order valence-corrected chi connectivity index (χ2v) is 6.47. The fraction of sp³-hybridized carbons (Fsp3) is 0.933. The molecule has 2 rings (SSSR count). The van der Waals surface area contributed by atoms with E-state index in [0.717, 1.165) is 70.5 Å². The van der Waals surface area contributed by atoms with E-state index in [4.69, 9.17) is 0 Å². The number of nitrogens with one attached hydrogen (secondary N) is 1. The highest BCUT2D eigenvalue weighted by Crippen LogP contribution is 2.16. The monoisotopic (exact) mass is 267 g/mol. The molecule has 1 N–H and O–H groups in total. The first kappa shape index (κ1) is 14.8. The maximum Gasteiger partial charge on any atom is 0.222 e. The molecule has 2 aliphatic heterocycles. The topological polar surface area (TPSA) is 35.6 Å². The summed E-state index contributed by atoms with van der Waals surface area (Å²) in [7, 11) is 0. The van der Waals surface area contributed by atoms with Crippen molar-refractivity contribution in [1.82, 2.24) is 15.1 Å². The van der Waals surface area contributed by atoms with Crippen LogP contribution in [-0.2, 0) is 4.79 Å². The van der Waals surface area contributed by atoms with Crippen LogP contribution in [0.5, 0.6) is 0 Å². The van der Waals surface area contributed by atoms with Crippen molar-refractivity contribution >= 4 is 5.91 Å². The van der Waals surface area contributed by atoms with Crippen LogP contribution in [0.1, 0.15) is 33.1 Å². The van der Waals surface area contributed by atoms with Crippen LogP contribution in [-0.4, -0.2) is 61.5 Å². The lowest BCUT2D eigenvalue weighted by Gasteiger charge is -2.35. The van der Waals surface area contributed by atoms with E-state index in [1.807, 2.05) is 0 Å². The molecule has 2 fully saturated rings. The Kier molecular flexibility index (Phi) is 5.64. The van der Waals surface area contributed by atoms with Gasteiger partial charge in [-0.3, -0.25) is 9.69 Å². The largest absolute Gasteiger partial charge is 0.340 e. The van der Waals surface area contributed by atoms with Gasteiger partial charge in [-0.15, -0.1) is 0 Å². The number of rotatable bonds is 5. The molecule has 19 heavy (non-hydrogen) atoms. The molecule has 2 aliphatic rings. The Morgan fingerprint density at radius 2 is 2.00 bits per heavy atom. The minimum absolute atomic E-state index is 0.371. The first-order valence-corrected chi connectivity index (χ1v) is 7.86. The summed E-state index contributed by atoms with van der Waals surface area (Å²) in [6.07, 6.45) is 3.06. The van der Waals surface area contributed by atoms with Gasteiger partial charge in [-0.2, -0.15) is 0 Å². The zero-order valence-electron chi connectivity index (χ0n) is 12.5. The fourth-order valence-corrected chi connectivity index (χ4v) is 3.14. The Morgan fingerprint density at radius 3 is 2.58 bits per heavy atom. The van der Waals surface area contributed by atoms with Gasteiger partial charge in [-0.1, -0.05) is 13.8 Å². The second-order valence-electron chi connectivity index (χ2n) is 6.47. The minimum Gasteiger partial charge on any atom is -0.340 e. The predicted octanol–water partition coefficient (Wildman–Crippen LogP) is 1.18. The summed E-state index contributed by atoms with van der Waals surface area (Å²) in [5.41, 5.74) is 0. The molecule has 2 heterocycles. The maximum atomic E-state index is 12.2. The van der Waals surface area contributed by atoms with E-state index in [2.05, 4.69) is 29.0 Å². The lowest BCUT2D eigenvalue weighted by atomic mass is 10.0. The molecule has 4 nitrogen and oxygen atoms in total. The molecular weight excluding hydrogens is 238 g/mol. The molecule has 0 spiro atoms. The van der Waals surface area contributed by atoms with Gasteiger partial charge in [-0.05, 0) is 37.8 Å². The molecule has 1 atom stereocenters. The average Bonchev–Trinajstić information content (AvgIpc) is 2.89. The molecule has 0 aromatic carbocycles. The molecule has 0 bridgehead atoms. The number of carbonyl (C=O) groups is 1. The van der Waals surface area contributed by atoms with Crippen LogP contribution in [0.15, 0.2) is 0 Å². The summed E-state index contributed by atoms with van der Waals surface area (Å²) in [5.74, 6) is 1.82. The van der Waals surface area contributed by atoms with Gasteiger partial charge in [0.15, 0.2) is 0 Å². The smallest absolute Gasteiger partial charge is 0.222 e. The molecular formula is C15H29N3O. The van der Waals surface area contributed by atoms with Gasteiger partial charge in [0, 0.05) is 39.1 Å². The van der Waals surface area contributed by atoms with Gasteiger partial charge < -0.3 is 10.2 Å². The van der Waals surface area contributed by atoms with Gasteiger partial charge in [0.1, 0.15) is 0 Å². The first-order valence-electron chi connectivity index (χ1n) is 7.86. The van der Waals surface area contributed by atoms with Crippen LogP contribution in [0.4, 0.5) is 0 Å². The van der Waals surface area contributed by atoms with Crippen molar-refractivity contribution in [2.45, 2.75) is 33.1 Å². The van der Waals surface area contributed by atoms with Crippen molar-refractivity contribution < 1.29 is 4.79 Å². The standard InChI is InChI=1S/C15H29N3O/c1-13(2)12-17-7-9-18(10-8-17)15(19)4-3-14-5-6-16-11-14/h13-14,16H,3-12H2,1-2H3. The average molecular weight is 267 g/mol. The van der Waals surface area contributed by atoms with E-state index in [1.54, 1.807) is 0 Å². The highest BCUT2D eigenvalue weighted by atomic mass is 16.2. The summed E-state index contributed by atoms with van der Waals surface area (Å²) in [4.78, 5) is 16.7. The van der Waals surface area contributed by atoms with E-state index in [1.165, 1.54) is 6.42 Å². The second kappa shape index (κ2) is 7.25. The number of piperazine rings is 1. The van der Waals surface area contributed by atoms with Crippen molar-refractivity contribution in [2.75, 3.05) is 45.8 Å². The molecule has 0 aromatic rings. The molecule has 1 unspecified atom stereocenters. The third-order valence-electron chi connectivity index (χ3n) is 4.28. The lowest BCUT2D eigenvalue weighted by Crippen LogP contribution is -2.49. The molecule has 110 valence electrons. The maximum absolute atomic E-state index is 12.2. The Bertz CT molecular complexity index is 279. The van der Waals surface area contributed by atoms with E-state index in [9.17, 15) is 4.79 Å². The van der Waals surface area contributed by atoms with Crippen molar-refractivity contribution in [3.8, 4) is 0 Å². The number of amides is 1. The quantitative estimate of drug-likeness (QED) is 0.812. The van der Waals surface area contributed by atoms with Crippen LogP contribution in [0.25, 0.3) is 0 Å². The molecule has 1 amide bonds. The van der Waals surface area contributed by atoms with Gasteiger partial charge >= 0.3 is 0 Å². The molecule has 0 aromatic heterocycles. The third kappa shape index (κ3) is 4.77. The Balaban J connectivity index is 1.64. The van der Waals surface area contributed by atoms with Gasteiger partial charge in [0.25, 0.3) is 0 Å². The summed E-state index contributed by atoms with van der Waals surface area (Å²) < 4.78 is 0. The van der Waals surface area contributed by atoms with Gasteiger partial charge in [-0.25, -0.2) is 0 Å². The van der Waals surface area contributed by atoms with Crippen LogP contribution in [0.3, 0.4) is 0 Å². The summed E-state index contributed by atoms with van der Waals surface area (Å²) in [6, 6.07) is 0. The molecule has 2 saturated heterocycles. The van der Waals surface area contributed by atoms with Crippen molar-refractivity contribution in [1.29, 1.82) is 0 Å². The van der Waals surface area contributed by atoms with Crippen molar-refractivity contribution in [2.24, 2.45) is 11.8 Å². The van der Waals surface area contributed by atoms with Crippen LogP contribution in [0.2, 0.25) is 0 Å². The highest BCUT2D eigenvalue weighted by molar-refractivity contribution is 5.76. The molecule has 0 aliphatic carbocycles. The number of hydrogen-bond acceptors (Lipinski definition) is 3. The number of nitrogens with zero attached hydrogens (tertiary/aromatic N) is 2. The van der Waals surface area contributed by atoms with Crippen LogP contribution < -0.4 is 5.32 Å². The van der Waals surface area contributed by atoms with E-state index >= 15 is 0 Å². The van der Waals surface area contributed by atoms with E-state index in [0.29, 0.717) is 5.91 Å². The molecule has 0 saturated carbocycles. The van der Waals surface area contributed by atoms with Crippen molar-refractivity contribution in [3.05, 3.63) is 0 Å². The first-order chi connectivity index (χ1) is 9.15. The van der Waals surface area contributed by atoms with E-state index in [-0.39, 0.29) is 0 Å². The predicted molar refractivity (Wildman–Crippen MR) is 78.1 cm³/mol. The Hall–Kier alpha value is -0.610. The minimum atomic E-state index is 0.371. The van der Waals surface area contributed by atoms with Gasteiger partial charge in [0.05, 0.1) is 0 Å². The summed E-state index contributed by atoms with van der Waals surface area (Å²) in [5, 5.41) is 3.37.